The predicted octanol–water partition coefficient (Wildman–Crippen LogP) is 3.16. The van der Waals surface area contributed by atoms with E-state index >= 15 is 0 Å². The fraction of sp³-hybridized carbons (Fsp3) is 0.375. The van der Waals surface area contributed by atoms with Crippen LogP contribution in [0, 0.1) is 11.2 Å². The number of halogens is 3. The summed E-state index contributed by atoms with van der Waals surface area (Å²) in [6.45, 7) is -1.99. The maximum Gasteiger partial charge on any atom is 0.387 e. The number of rotatable bonds is 5. The Morgan fingerprint density at radius 2 is 1.75 bits per heavy atom. The number of hydrogen-bond donors (Lipinski definition) is 2. The fourth-order valence-corrected chi connectivity index (χ4v) is 3.02. The smallest absolute Gasteiger partial charge is 0.387 e. The lowest BCUT2D eigenvalue weighted by molar-refractivity contribution is -0.154. The van der Waals surface area contributed by atoms with Gasteiger partial charge in [0.15, 0.2) is 0 Å². The molecule has 0 aliphatic heterocycles. The largest absolute Gasteiger partial charge is 0.481 e. The van der Waals surface area contributed by atoms with E-state index in [9.17, 15) is 33.0 Å². The first-order valence-electron chi connectivity index (χ1n) is 6.98. The molecule has 130 valence electrons. The number of alkyl halides is 2. The van der Waals surface area contributed by atoms with Crippen LogP contribution < -0.4 is 0 Å². The van der Waals surface area contributed by atoms with Gasteiger partial charge in [0.25, 0.3) is 0 Å². The third-order valence-corrected chi connectivity index (χ3v) is 4.16. The van der Waals surface area contributed by atoms with E-state index in [1.807, 2.05) is 0 Å². The summed E-state index contributed by atoms with van der Waals surface area (Å²) >= 11 is 0. The highest BCUT2D eigenvalue weighted by Crippen LogP contribution is 2.48. The van der Waals surface area contributed by atoms with Crippen LogP contribution in [-0.2, 0) is 19.7 Å². The van der Waals surface area contributed by atoms with Gasteiger partial charge < -0.3 is 14.9 Å². The van der Waals surface area contributed by atoms with E-state index in [1.165, 1.54) is 19.1 Å². The molecule has 2 unspecified atom stereocenters. The molecule has 1 aromatic carbocycles. The number of aliphatic carboxylic acids is 2. The normalized spacial score (nSPS) is 26.8. The number of benzene rings is 1. The lowest BCUT2D eigenvalue weighted by Gasteiger charge is -2.40. The van der Waals surface area contributed by atoms with Crippen LogP contribution in [-0.4, -0.2) is 28.8 Å². The first kappa shape index (κ1) is 17.8. The van der Waals surface area contributed by atoms with Crippen molar-refractivity contribution >= 4 is 11.9 Å². The van der Waals surface area contributed by atoms with Gasteiger partial charge in [0.2, 0.25) is 0 Å². The van der Waals surface area contributed by atoms with Gasteiger partial charge in [-0.2, -0.15) is 8.78 Å². The highest BCUT2D eigenvalue weighted by atomic mass is 19.3. The molecule has 0 heterocycles. The third kappa shape index (κ3) is 3.22. The third-order valence-electron chi connectivity index (χ3n) is 4.16. The minimum absolute atomic E-state index is 0.118. The summed E-state index contributed by atoms with van der Waals surface area (Å²) in [5.41, 5.74) is -3.43. The average Bonchev–Trinajstić information content (AvgIpc) is 2.46. The van der Waals surface area contributed by atoms with E-state index in [0.29, 0.717) is 0 Å². The van der Waals surface area contributed by atoms with Crippen LogP contribution in [0.2, 0.25) is 0 Å². The van der Waals surface area contributed by atoms with E-state index in [2.05, 4.69) is 4.74 Å². The zero-order valence-corrected chi connectivity index (χ0v) is 12.6. The van der Waals surface area contributed by atoms with Crippen molar-refractivity contribution < 1.29 is 37.7 Å². The highest BCUT2D eigenvalue weighted by molar-refractivity contribution is 5.86. The second-order valence-corrected chi connectivity index (χ2v) is 5.96. The molecular weight excluding hydrogens is 329 g/mol. The monoisotopic (exact) mass is 344 g/mol. The Labute approximate surface area is 135 Å². The van der Waals surface area contributed by atoms with Crippen molar-refractivity contribution in [2.24, 2.45) is 5.41 Å². The molecule has 0 spiro atoms. The summed E-state index contributed by atoms with van der Waals surface area (Å²) in [7, 11) is 0. The molecule has 0 radical (unpaired) electrons. The van der Waals surface area contributed by atoms with Gasteiger partial charge in [-0.1, -0.05) is 12.1 Å². The summed E-state index contributed by atoms with van der Waals surface area (Å²) < 4.78 is 42.6. The van der Waals surface area contributed by atoms with E-state index in [4.69, 9.17) is 0 Å². The number of carboxylic acids is 2. The standard InChI is InChI=1S/C16H15F3O5/c1-15(12(20)21)6-11(24-14(18)19)7-16(8-15,13(22)23)9-2-4-10(17)5-3-9/h2-6,14H,7-8H2,1H3,(H,20,21)(H,22,23). The molecule has 1 aliphatic rings. The van der Waals surface area contributed by atoms with Crippen molar-refractivity contribution in [3.05, 3.63) is 47.5 Å². The Hall–Kier alpha value is -2.51. The van der Waals surface area contributed by atoms with Gasteiger partial charge in [-0.3, -0.25) is 9.59 Å². The minimum Gasteiger partial charge on any atom is -0.481 e. The number of allylic oxidation sites excluding steroid dienone is 1. The SMILES string of the molecule is CC1(C(=O)O)C=C(OC(F)F)CC(C(=O)O)(c2ccc(F)cc2)C1. The Bertz CT molecular complexity index is 685. The zero-order valence-electron chi connectivity index (χ0n) is 12.6. The van der Waals surface area contributed by atoms with Crippen molar-refractivity contribution in [1.29, 1.82) is 0 Å². The zero-order chi connectivity index (χ0) is 18.1. The van der Waals surface area contributed by atoms with Crippen LogP contribution in [0.5, 0.6) is 0 Å². The quantitative estimate of drug-likeness (QED) is 0.857. The summed E-state index contributed by atoms with van der Waals surface area (Å²) in [5.74, 6) is -3.79. The molecule has 24 heavy (non-hydrogen) atoms. The topological polar surface area (TPSA) is 83.8 Å². The van der Waals surface area contributed by atoms with Gasteiger partial charge in [0, 0.05) is 6.42 Å². The van der Waals surface area contributed by atoms with Crippen molar-refractivity contribution in [2.75, 3.05) is 0 Å². The molecule has 2 N–H and O–H groups in total. The van der Waals surface area contributed by atoms with Crippen molar-refractivity contribution in [2.45, 2.75) is 31.8 Å². The summed E-state index contributed by atoms with van der Waals surface area (Å²) in [6, 6.07) is 4.47. The summed E-state index contributed by atoms with van der Waals surface area (Å²) in [5, 5.41) is 19.1. The molecule has 1 aromatic rings. The number of ether oxygens (including phenoxy) is 1. The molecular formula is C16H15F3O5. The second kappa shape index (κ2) is 6.18. The highest BCUT2D eigenvalue weighted by Gasteiger charge is 2.52. The molecule has 1 aliphatic carbocycles. The summed E-state index contributed by atoms with van der Waals surface area (Å²) in [6.07, 6.45) is 0.166. The number of carboxylic acid groups (broad SMARTS) is 2. The van der Waals surface area contributed by atoms with Gasteiger partial charge >= 0.3 is 18.6 Å². The first-order valence-corrected chi connectivity index (χ1v) is 6.98. The van der Waals surface area contributed by atoms with E-state index in [1.54, 1.807) is 0 Å². The van der Waals surface area contributed by atoms with Crippen molar-refractivity contribution in [3.8, 4) is 0 Å². The molecule has 8 heteroatoms. The predicted molar refractivity (Wildman–Crippen MR) is 75.9 cm³/mol. The maximum atomic E-state index is 13.1. The lowest BCUT2D eigenvalue weighted by Crippen LogP contribution is -2.46. The van der Waals surface area contributed by atoms with E-state index in [-0.39, 0.29) is 12.0 Å². The molecule has 5 nitrogen and oxygen atoms in total. The van der Waals surface area contributed by atoms with Gasteiger partial charge in [0.05, 0.1) is 5.41 Å². The lowest BCUT2D eigenvalue weighted by atomic mass is 9.62. The Morgan fingerprint density at radius 3 is 2.21 bits per heavy atom. The Morgan fingerprint density at radius 1 is 1.17 bits per heavy atom. The summed E-state index contributed by atoms with van der Waals surface area (Å²) in [4.78, 5) is 23.5. The van der Waals surface area contributed by atoms with Gasteiger partial charge in [-0.15, -0.1) is 0 Å². The molecule has 0 saturated carbocycles. The first-order chi connectivity index (χ1) is 11.1. The number of hydrogen-bond acceptors (Lipinski definition) is 3. The molecule has 0 fully saturated rings. The number of carbonyl (C=O) groups is 2. The van der Waals surface area contributed by atoms with Crippen LogP contribution in [0.1, 0.15) is 25.3 Å². The second-order valence-electron chi connectivity index (χ2n) is 5.96. The molecule has 0 bridgehead atoms. The average molecular weight is 344 g/mol. The van der Waals surface area contributed by atoms with Crippen LogP contribution in [0.4, 0.5) is 13.2 Å². The molecule has 2 rings (SSSR count). The fourth-order valence-electron chi connectivity index (χ4n) is 3.02. The molecule has 2 atom stereocenters. The van der Waals surface area contributed by atoms with Crippen molar-refractivity contribution in [3.63, 3.8) is 0 Å². The van der Waals surface area contributed by atoms with Crippen molar-refractivity contribution in [1.82, 2.24) is 0 Å². The molecule has 0 amide bonds. The Balaban J connectivity index is 2.59. The minimum atomic E-state index is -3.22. The van der Waals surface area contributed by atoms with Crippen LogP contribution in [0.3, 0.4) is 0 Å². The van der Waals surface area contributed by atoms with E-state index in [0.717, 1.165) is 18.2 Å². The maximum absolute atomic E-state index is 13.1. The van der Waals surface area contributed by atoms with Gasteiger partial charge in [-0.05, 0) is 37.1 Å². The molecule has 0 saturated heterocycles. The van der Waals surface area contributed by atoms with Gasteiger partial charge in [-0.25, -0.2) is 4.39 Å². The van der Waals surface area contributed by atoms with Crippen LogP contribution >= 0.6 is 0 Å². The van der Waals surface area contributed by atoms with Crippen LogP contribution in [0.15, 0.2) is 36.1 Å². The van der Waals surface area contributed by atoms with Crippen LogP contribution in [0.25, 0.3) is 0 Å². The Kier molecular flexibility index (Phi) is 4.59. The van der Waals surface area contributed by atoms with E-state index < -0.39 is 47.4 Å². The van der Waals surface area contributed by atoms with Gasteiger partial charge in [0.1, 0.15) is 17.0 Å². The molecule has 0 aromatic heterocycles.